The van der Waals surface area contributed by atoms with Gasteiger partial charge < -0.3 is 5.32 Å². The van der Waals surface area contributed by atoms with Gasteiger partial charge in [-0.05, 0) is 25.1 Å². The Morgan fingerprint density at radius 1 is 1.05 bits per heavy atom. The Kier molecular flexibility index (Phi) is 4.27. The molecule has 2 rings (SSSR count). The predicted octanol–water partition coefficient (Wildman–Crippen LogP) is 5.19. The average Bonchev–Trinajstić information content (AvgIpc) is 2.32. The van der Waals surface area contributed by atoms with Crippen molar-refractivity contribution in [2.45, 2.75) is 13.5 Å². The molecule has 0 unspecified atom stereocenters. The van der Waals surface area contributed by atoms with Gasteiger partial charge in [-0.25, -0.2) is 8.78 Å². The van der Waals surface area contributed by atoms with Crippen LogP contribution in [0.2, 0.25) is 10.0 Å². The van der Waals surface area contributed by atoms with Crippen LogP contribution in [0.15, 0.2) is 30.3 Å². The summed E-state index contributed by atoms with van der Waals surface area (Å²) in [6, 6.07) is 7.13. The van der Waals surface area contributed by atoms with Gasteiger partial charge in [0.05, 0.1) is 15.7 Å². The fraction of sp³-hybridized carbons (Fsp3) is 0.143. The van der Waals surface area contributed by atoms with E-state index in [1.54, 1.807) is 12.1 Å². The van der Waals surface area contributed by atoms with Gasteiger partial charge in [-0.1, -0.05) is 40.9 Å². The van der Waals surface area contributed by atoms with Crippen LogP contribution in [0.4, 0.5) is 14.5 Å². The smallest absolute Gasteiger partial charge is 0.128 e. The summed E-state index contributed by atoms with van der Waals surface area (Å²) in [5.41, 5.74) is 1.84. The summed E-state index contributed by atoms with van der Waals surface area (Å²) >= 11 is 11.8. The van der Waals surface area contributed by atoms with Crippen LogP contribution < -0.4 is 5.32 Å². The first-order chi connectivity index (χ1) is 8.97. The van der Waals surface area contributed by atoms with Gasteiger partial charge in [0.15, 0.2) is 0 Å². The molecule has 0 amide bonds. The Hall–Kier alpha value is -1.32. The third-order valence-electron chi connectivity index (χ3n) is 2.66. The van der Waals surface area contributed by atoms with Crippen molar-refractivity contribution in [2.75, 3.05) is 5.32 Å². The molecule has 100 valence electrons. The molecule has 0 radical (unpaired) electrons. The van der Waals surface area contributed by atoms with Crippen LogP contribution in [0, 0.1) is 18.6 Å². The zero-order chi connectivity index (χ0) is 14.0. The zero-order valence-corrected chi connectivity index (χ0v) is 11.6. The highest BCUT2D eigenvalue weighted by Gasteiger charge is 2.09. The third kappa shape index (κ3) is 3.37. The fourth-order valence-electron chi connectivity index (χ4n) is 1.73. The number of nitrogens with one attached hydrogen (secondary N) is 1. The van der Waals surface area contributed by atoms with E-state index in [1.165, 1.54) is 6.07 Å². The molecule has 0 spiro atoms. The van der Waals surface area contributed by atoms with Crippen LogP contribution in [0.1, 0.15) is 11.1 Å². The van der Waals surface area contributed by atoms with Crippen LogP contribution in [0.3, 0.4) is 0 Å². The molecule has 0 bridgehead atoms. The lowest BCUT2D eigenvalue weighted by Gasteiger charge is -2.11. The van der Waals surface area contributed by atoms with Crippen LogP contribution in [0.5, 0.6) is 0 Å². The second-order valence-corrected chi connectivity index (χ2v) is 5.01. The highest BCUT2D eigenvalue weighted by molar-refractivity contribution is 6.39. The summed E-state index contributed by atoms with van der Waals surface area (Å²) in [5, 5.41) is 3.25. The summed E-state index contributed by atoms with van der Waals surface area (Å²) < 4.78 is 26.6. The van der Waals surface area contributed by atoms with Gasteiger partial charge in [0.1, 0.15) is 11.6 Å². The molecule has 5 heteroatoms. The number of hydrogen-bond acceptors (Lipinski definition) is 1. The number of halogens is 4. The van der Waals surface area contributed by atoms with Gasteiger partial charge in [-0.3, -0.25) is 0 Å². The fourth-order valence-corrected chi connectivity index (χ4v) is 2.33. The number of aryl methyl sites for hydroxylation is 1. The Morgan fingerprint density at radius 3 is 2.32 bits per heavy atom. The molecule has 2 aromatic rings. The molecule has 0 aliphatic heterocycles. The number of anilines is 1. The minimum atomic E-state index is -0.512. The van der Waals surface area contributed by atoms with Gasteiger partial charge in [-0.15, -0.1) is 0 Å². The standard InChI is InChI=1S/C14H11Cl2F2N/c1-8-2-3-13(18)9(4-8)7-19-14-11(15)5-10(17)6-12(14)16/h2-6,19H,7H2,1H3. The molecule has 0 aliphatic rings. The van der Waals surface area contributed by atoms with E-state index in [1.807, 2.05) is 6.92 Å². The minimum Gasteiger partial charge on any atom is -0.378 e. The molecule has 19 heavy (non-hydrogen) atoms. The van der Waals surface area contributed by atoms with Crippen molar-refractivity contribution in [1.29, 1.82) is 0 Å². The first kappa shape index (κ1) is 14.1. The van der Waals surface area contributed by atoms with E-state index in [9.17, 15) is 8.78 Å². The lowest BCUT2D eigenvalue weighted by atomic mass is 10.1. The molecule has 2 aromatic carbocycles. The van der Waals surface area contributed by atoms with Gasteiger partial charge in [-0.2, -0.15) is 0 Å². The van der Waals surface area contributed by atoms with E-state index < -0.39 is 5.82 Å². The number of hydrogen-bond donors (Lipinski definition) is 1. The molecule has 1 nitrogen and oxygen atoms in total. The van der Waals surface area contributed by atoms with Crippen molar-refractivity contribution in [2.24, 2.45) is 0 Å². The van der Waals surface area contributed by atoms with Crippen molar-refractivity contribution < 1.29 is 8.78 Å². The first-order valence-electron chi connectivity index (χ1n) is 5.61. The average molecular weight is 302 g/mol. The van der Waals surface area contributed by atoms with E-state index in [-0.39, 0.29) is 22.4 Å². The van der Waals surface area contributed by atoms with Crippen molar-refractivity contribution in [3.63, 3.8) is 0 Å². The summed E-state index contributed by atoms with van der Waals surface area (Å²) in [7, 11) is 0. The second kappa shape index (κ2) is 5.76. The summed E-state index contributed by atoms with van der Waals surface area (Å²) in [4.78, 5) is 0. The first-order valence-corrected chi connectivity index (χ1v) is 6.36. The number of benzene rings is 2. The van der Waals surface area contributed by atoms with E-state index in [4.69, 9.17) is 23.2 Å². The number of rotatable bonds is 3. The van der Waals surface area contributed by atoms with Gasteiger partial charge >= 0.3 is 0 Å². The highest BCUT2D eigenvalue weighted by atomic mass is 35.5. The molecule has 0 atom stereocenters. The topological polar surface area (TPSA) is 12.0 Å². The minimum absolute atomic E-state index is 0.165. The zero-order valence-electron chi connectivity index (χ0n) is 10.1. The molecular formula is C14H11Cl2F2N. The van der Waals surface area contributed by atoms with Crippen molar-refractivity contribution in [3.8, 4) is 0 Å². The van der Waals surface area contributed by atoms with Gasteiger partial charge in [0.25, 0.3) is 0 Å². The third-order valence-corrected chi connectivity index (χ3v) is 3.26. The van der Waals surface area contributed by atoms with Crippen molar-refractivity contribution >= 4 is 28.9 Å². The molecule has 0 fully saturated rings. The monoisotopic (exact) mass is 301 g/mol. The molecular weight excluding hydrogens is 291 g/mol. The Morgan fingerprint density at radius 2 is 1.68 bits per heavy atom. The summed E-state index contributed by atoms with van der Waals surface area (Å²) in [6.45, 7) is 2.10. The maximum atomic E-state index is 13.6. The van der Waals surface area contributed by atoms with Gasteiger partial charge in [0.2, 0.25) is 0 Å². The largest absolute Gasteiger partial charge is 0.378 e. The second-order valence-electron chi connectivity index (χ2n) is 4.19. The maximum absolute atomic E-state index is 13.6. The lowest BCUT2D eigenvalue weighted by molar-refractivity contribution is 0.612. The molecule has 0 saturated heterocycles. The maximum Gasteiger partial charge on any atom is 0.128 e. The predicted molar refractivity (Wildman–Crippen MR) is 74.9 cm³/mol. The summed E-state index contributed by atoms with van der Waals surface area (Å²) in [5.74, 6) is -0.824. The van der Waals surface area contributed by atoms with Gasteiger partial charge in [0, 0.05) is 12.1 Å². The Bertz CT molecular complexity index is 591. The van der Waals surface area contributed by atoms with Crippen molar-refractivity contribution in [3.05, 3.63) is 63.1 Å². The van der Waals surface area contributed by atoms with E-state index in [2.05, 4.69) is 5.32 Å². The Labute approximate surface area is 120 Å². The molecule has 1 N–H and O–H groups in total. The van der Waals surface area contributed by atoms with Crippen LogP contribution in [-0.4, -0.2) is 0 Å². The van der Waals surface area contributed by atoms with Crippen molar-refractivity contribution in [1.82, 2.24) is 0 Å². The van der Waals surface area contributed by atoms with Crippen LogP contribution >= 0.6 is 23.2 Å². The molecule has 0 heterocycles. The summed E-state index contributed by atoms with van der Waals surface area (Å²) in [6.07, 6.45) is 0. The van der Waals surface area contributed by atoms with E-state index in [0.717, 1.165) is 17.7 Å². The highest BCUT2D eigenvalue weighted by Crippen LogP contribution is 2.31. The molecule has 0 saturated carbocycles. The quantitative estimate of drug-likeness (QED) is 0.822. The molecule has 0 aromatic heterocycles. The van der Waals surface area contributed by atoms with Crippen LogP contribution in [-0.2, 0) is 6.54 Å². The van der Waals surface area contributed by atoms with Crippen LogP contribution in [0.25, 0.3) is 0 Å². The van der Waals surface area contributed by atoms with E-state index in [0.29, 0.717) is 11.3 Å². The SMILES string of the molecule is Cc1ccc(F)c(CNc2c(Cl)cc(F)cc2Cl)c1. The Balaban J connectivity index is 2.21. The molecule has 0 aliphatic carbocycles. The normalized spacial score (nSPS) is 10.6. The van der Waals surface area contributed by atoms with E-state index >= 15 is 0 Å². The lowest BCUT2D eigenvalue weighted by Crippen LogP contribution is -2.03.